The molecule has 1 aliphatic heterocycles. The SMILES string of the molecule is CNC1CC12CCNC2.Cl. The van der Waals surface area contributed by atoms with Crippen LogP contribution in [0.3, 0.4) is 0 Å². The van der Waals surface area contributed by atoms with Crippen LogP contribution in [0.15, 0.2) is 0 Å². The molecule has 2 N–H and O–H groups in total. The molecule has 10 heavy (non-hydrogen) atoms. The van der Waals surface area contributed by atoms with Crippen LogP contribution in [0.2, 0.25) is 0 Å². The van der Waals surface area contributed by atoms with E-state index in [1.54, 1.807) is 0 Å². The van der Waals surface area contributed by atoms with Crippen molar-refractivity contribution >= 4 is 12.4 Å². The fourth-order valence-corrected chi connectivity index (χ4v) is 1.99. The summed E-state index contributed by atoms with van der Waals surface area (Å²) in [7, 11) is 2.07. The Bertz CT molecular complexity index is 121. The number of nitrogens with one attached hydrogen (secondary N) is 2. The lowest BCUT2D eigenvalue weighted by Gasteiger charge is -2.04. The van der Waals surface area contributed by atoms with E-state index in [0.717, 1.165) is 6.04 Å². The third-order valence-electron chi connectivity index (χ3n) is 2.81. The fraction of sp³-hybridized carbons (Fsp3) is 1.00. The zero-order chi connectivity index (χ0) is 6.32. The topological polar surface area (TPSA) is 24.1 Å². The molecular weight excluding hydrogens is 148 g/mol. The van der Waals surface area contributed by atoms with Gasteiger partial charge in [-0.2, -0.15) is 0 Å². The van der Waals surface area contributed by atoms with Crippen molar-refractivity contribution < 1.29 is 0 Å². The molecule has 1 aliphatic carbocycles. The highest BCUT2D eigenvalue weighted by Crippen LogP contribution is 2.50. The van der Waals surface area contributed by atoms with E-state index in [9.17, 15) is 0 Å². The van der Waals surface area contributed by atoms with Crippen LogP contribution in [-0.2, 0) is 0 Å². The third kappa shape index (κ3) is 1.04. The normalized spacial score (nSPS) is 43.5. The van der Waals surface area contributed by atoms with E-state index < -0.39 is 0 Å². The number of hydrogen-bond donors (Lipinski definition) is 2. The third-order valence-corrected chi connectivity index (χ3v) is 2.81. The van der Waals surface area contributed by atoms with E-state index in [4.69, 9.17) is 0 Å². The van der Waals surface area contributed by atoms with Crippen molar-refractivity contribution in [2.75, 3.05) is 20.1 Å². The van der Waals surface area contributed by atoms with Crippen molar-refractivity contribution in [1.29, 1.82) is 0 Å². The molecule has 0 radical (unpaired) electrons. The van der Waals surface area contributed by atoms with Crippen molar-refractivity contribution in [3.8, 4) is 0 Å². The summed E-state index contributed by atoms with van der Waals surface area (Å²) in [4.78, 5) is 0. The van der Waals surface area contributed by atoms with Crippen LogP contribution in [0.25, 0.3) is 0 Å². The molecule has 1 saturated heterocycles. The number of halogens is 1. The molecule has 60 valence electrons. The first-order chi connectivity index (χ1) is 4.37. The molecule has 2 nitrogen and oxygen atoms in total. The summed E-state index contributed by atoms with van der Waals surface area (Å²) in [5.74, 6) is 0. The van der Waals surface area contributed by atoms with Gasteiger partial charge >= 0.3 is 0 Å². The van der Waals surface area contributed by atoms with Crippen molar-refractivity contribution in [1.82, 2.24) is 10.6 Å². The van der Waals surface area contributed by atoms with Gasteiger partial charge in [-0.3, -0.25) is 0 Å². The maximum Gasteiger partial charge on any atom is 0.0140 e. The average Bonchev–Trinajstić information content (AvgIpc) is 2.30. The van der Waals surface area contributed by atoms with Crippen LogP contribution in [0, 0.1) is 5.41 Å². The lowest BCUT2D eigenvalue weighted by Crippen LogP contribution is -2.20. The molecule has 2 unspecified atom stereocenters. The van der Waals surface area contributed by atoms with Gasteiger partial charge in [-0.1, -0.05) is 0 Å². The van der Waals surface area contributed by atoms with Gasteiger partial charge in [0.25, 0.3) is 0 Å². The van der Waals surface area contributed by atoms with E-state index in [0.29, 0.717) is 5.41 Å². The Kier molecular flexibility index (Phi) is 2.23. The molecule has 2 aliphatic rings. The minimum Gasteiger partial charge on any atom is -0.316 e. The zero-order valence-electron chi connectivity index (χ0n) is 6.31. The van der Waals surface area contributed by atoms with E-state index in [2.05, 4.69) is 17.7 Å². The van der Waals surface area contributed by atoms with E-state index in [1.807, 2.05) is 0 Å². The van der Waals surface area contributed by atoms with Gasteiger partial charge in [-0.25, -0.2) is 0 Å². The van der Waals surface area contributed by atoms with Gasteiger partial charge in [-0.05, 0) is 26.4 Å². The predicted octanol–water partition coefficient (Wildman–Crippen LogP) is 0.380. The van der Waals surface area contributed by atoms with Gasteiger partial charge in [0.1, 0.15) is 0 Å². The molecule has 1 heterocycles. The Morgan fingerprint density at radius 3 is 2.80 bits per heavy atom. The average molecular weight is 163 g/mol. The van der Waals surface area contributed by atoms with Crippen molar-refractivity contribution in [2.45, 2.75) is 18.9 Å². The quantitative estimate of drug-likeness (QED) is 0.583. The van der Waals surface area contributed by atoms with Crippen molar-refractivity contribution in [3.05, 3.63) is 0 Å². The molecule has 0 amide bonds. The molecule has 1 spiro atoms. The van der Waals surface area contributed by atoms with Crippen molar-refractivity contribution in [3.63, 3.8) is 0 Å². The minimum absolute atomic E-state index is 0. The molecule has 1 saturated carbocycles. The molecule has 2 rings (SSSR count). The summed E-state index contributed by atoms with van der Waals surface area (Å²) in [6.45, 7) is 2.48. The highest BCUT2D eigenvalue weighted by Gasteiger charge is 2.54. The van der Waals surface area contributed by atoms with E-state index >= 15 is 0 Å². The van der Waals surface area contributed by atoms with Gasteiger partial charge in [-0.15, -0.1) is 12.4 Å². The van der Waals surface area contributed by atoms with Gasteiger partial charge < -0.3 is 10.6 Å². The molecule has 0 aromatic rings. The van der Waals surface area contributed by atoms with Crippen LogP contribution in [0.4, 0.5) is 0 Å². The number of hydrogen-bond acceptors (Lipinski definition) is 2. The van der Waals surface area contributed by atoms with Crippen LogP contribution in [0.1, 0.15) is 12.8 Å². The Morgan fingerprint density at radius 1 is 1.60 bits per heavy atom. The molecule has 0 bridgehead atoms. The molecule has 2 fully saturated rings. The van der Waals surface area contributed by atoms with Gasteiger partial charge in [0.15, 0.2) is 0 Å². The Morgan fingerprint density at radius 2 is 2.40 bits per heavy atom. The largest absolute Gasteiger partial charge is 0.316 e. The maximum absolute atomic E-state index is 3.40. The molecule has 2 atom stereocenters. The second-order valence-corrected chi connectivity index (χ2v) is 3.33. The summed E-state index contributed by atoms with van der Waals surface area (Å²) in [6.07, 6.45) is 2.79. The Labute approximate surface area is 68.2 Å². The molecular formula is C7H15ClN2. The minimum atomic E-state index is 0. The van der Waals surface area contributed by atoms with Crippen LogP contribution in [-0.4, -0.2) is 26.2 Å². The van der Waals surface area contributed by atoms with Gasteiger partial charge in [0, 0.05) is 18.0 Å². The molecule has 0 aromatic heterocycles. The molecule has 0 aromatic carbocycles. The smallest absolute Gasteiger partial charge is 0.0140 e. The lowest BCUT2D eigenvalue weighted by molar-refractivity contribution is 0.517. The van der Waals surface area contributed by atoms with Crippen LogP contribution >= 0.6 is 12.4 Å². The summed E-state index contributed by atoms with van der Waals surface area (Å²) in [5.41, 5.74) is 0.689. The lowest BCUT2D eigenvalue weighted by atomic mass is 10.1. The highest BCUT2D eigenvalue weighted by atomic mass is 35.5. The number of rotatable bonds is 1. The standard InChI is InChI=1S/C7H14N2.ClH/c1-8-6-4-7(6)2-3-9-5-7;/h6,8-9H,2-5H2,1H3;1H. The monoisotopic (exact) mass is 162 g/mol. The first-order valence-electron chi connectivity index (χ1n) is 3.75. The summed E-state index contributed by atoms with van der Waals surface area (Å²) >= 11 is 0. The van der Waals surface area contributed by atoms with Crippen molar-refractivity contribution in [2.24, 2.45) is 5.41 Å². The van der Waals surface area contributed by atoms with Gasteiger partial charge in [0.05, 0.1) is 0 Å². The highest BCUT2D eigenvalue weighted by molar-refractivity contribution is 5.85. The predicted molar refractivity (Wildman–Crippen MR) is 44.6 cm³/mol. The maximum atomic E-state index is 3.40. The Hall–Kier alpha value is 0.210. The van der Waals surface area contributed by atoms with Crippen LogP contribution < -0.4 is 10.6 Å². The van der Waals surface area contributed by atoms with Gasteiger partial charge in [0.2, 0.25) is 0 Å². The second-order valence-electron chi connectivity index (χ2n) is 3.33. The summed E-state index contributed by atoms with van der Waals surface area (Å²) < 4.78 is 0. The Balaban J connectivity index is 0.000000500. The first kappa shape index (κ1) is 8.31. The summed E-state index contributed by atoms with van der Waals surface area (Å²) in [5, 5.41) is 6.73. The van der Waals surface area contributed by atoms with E-state index in [-0.39, 0.29) is 12.4 Å². The first-order valence-corrected chi connectivity index (χ1v) is 3.75. The second kappa shape index (κ2) is 2.68. The van der Waals surface area contributed by atoms with E-state index in [1.165, 1.54) is 25.9 Å². The summed E-state index contributed by atoms with van der Waals surface area (Å²) in [6, 6.07) is 0.826. The van der Waals surface area contributed by atoms with Crippen LogP contribution in [0.5, 0.6) is 0 Å². The zero-order valence-corrected chi connectivity index (χ0v) is 7.13. The fourth-order valence-electron chi connectivity index (χ4n) is 1.99. The molecule has 3 heteroatoms.